The summed E-state index contributed by atoms with van der Waals surface area (Å²) in [5.41, 5.74) is 2.90. The molecule has 3 fully saturated rings. The number of rotatable bonds is 5. The van der Waals surface area contributed by atoms with Crippen LogP contribution in [-0.4, -0.2) is 58.6 Å². The standard InChI is InChI=1S/C27H42N4OS/c1-21-10-12-23(13-11-21)19-31-17-16-30(20-27(31)14-6-3-7-15-27)26(33)28-18-25(32)29-24-9-5-4-8-22(24)2/h10-13,22,24H,3-9,14-20H2,1-2H3,(H,28,33)(H,29,32)/t22-,24-/m1/s1. The molecule has 2 saturated carbocycles. The van der Waals surface area contributed by atoms with E-state index in [1.165, 1.54) is 62.5 Å². The van der Waals surface area contributed by atoms with Gasteiger partial charge in [0.25, 0.3) is 0 Å². The summed E-state index contributed by atoms with van der Waals surface area (Å²) in [6.45, 7) is 8.58. The van der Waals surface area contributed by atoms with Crippen molar-refractivity contribution in [3.63, 3.8) is 0 Å². The van der Waals surface area contributed by atoms with E-state index in [4.69, 9.17) is 12.2 Å². The molecule has 0 unspecified atom stereocenters. The molecular weight excluding hydrogens is 428 g/mol. The van der Waals surface area contributed by atoms with Crippen LogP contribution in [0.3, 0.4) is 0 Å². The molecule has 1 aliphatic heterocycles. The van der Waals surface area contributed by atoms with E-state index in [-0.39, 0.29) is 18.0 Å². The average Bonchev–Trinajstić information content (AvgIpc) is 2.82. The van der Waals surface area contributed by atoms with E-state index in [2.05, 4.69) is 58.5 Å². The van der Waals surface area contributed by atoms with Crippen molar-refractivity contribution < 1.29 is 4.79 Å². The molecule has 182 valence electrons. The summed E-state index contributed by atoms with van der Waals surface area (Å²) in [6, 6.07) is 9.30. The minimum absolute atomic E-state index is 0.0708. The van der Waals surface area contributed by atoms with Gasteiger partial charge in [-0.15, -0.1) is 0 Å². The van der Waals surface area contributed by atoms with Gasteiger partial charge in [0.2, 0.25) is 5.91 Å². The minimum atomic E-state index is 0.0708. The summed E-state index contributed by atoms with van der Waals surface area (Å²) in [5.74, 6) is 0.643. The van der Waals surface area contributed by atoms with Gasteiger partial charge >= 0.3 is 0 Å². The second-order valence-electron chi connectivity index (χ2n) is 10.7. The lowest BCUT2D eigenvalue weighted by Gasteiger charge is -2.53. The van der Waals surface area contributed by atoms with Gasteiger partial charge in [0, 0.05) is 37.8 Å². The van der Waals surface area contributed by atoms with Crippen LogP contribution in [0.2, 0.25) is 0 Å². The number of hydrogen-bond acceptors (Lipinski definition) is 3. The lowest BCUT2D eigenvalue weighted by Crippen LogP contribution is -2.64. The molecule has 3 aliphatic rings. The van der Waals surface area contributed by atoms with E-state index >= 15 is 0 Å². The van der Waals surface area contributed by atoms with E-state index in [0.717, 1.165) is 37.7 Å². The van der Waals surface area contributed by atoms with Crippen molar-refractivity contribution in [3.05, 3.63) is 35.4 Å². The Morgan fingerprint density at radius 2 is 1.79 bits per heavy atom. The monoisotopic (exact) mass is 470 g/mol. The van der Waals surface area contributed by atoms with Crippen LogP contribution in [0, 0.1) is 12.8 Å². The third kappa shape index (κ3) is 6.27. The fraction of sp³-hybridized carbons (Fsp3) is 0.704. The lowest BCUT2D eigenvalue weighted by atomic mass is 9.78. The van der Waals surface area contributed by atoms with Crippen LogP contribution in [-0.2, 0) is 11.3 Å². The summed E-state index contributed by atoms with van der Waals surface area (Å²) >= 11 is 5.77. The van der Waals surface area contributed by atoms with Crippen molar-refractivity contribution in [2.45, 2.75) is 89.8 Å². The Morgan fingerprint density at radius 1 is 1.06 bits per heavy atom. The Balaban J connectivity index is 1.32. The summed E-state index contributed by atoms with van der Waals surface area (Å²) in [7, 11) is 0. The third-order valence-electron chi connectivity index (χ3n) is 8.22. The molecule has 0 radical (unpaired) electrons. The first kappa shape index (κ1) is 24.5. The summed E-state index contributed by atoms with van der Waals surface area (Å²) in [5, 5.41) is 7.25. The van der Waals surface area contributed by atoms with Crippen LogP contribution in [0.1, 0.15) is 75.8 Å². The molecule has 1 spiro atoms. The van der Waals surface area contributed by atoms with E-state index in [9.17, 15) is 4.79 Å². The summed E-state index contributed by atoms with van der Waals surface area (Å²) < 4.78 is 0. The molecule has 0 aromatic heterocycles. The topological polar surface area (TPSA) is 47.6 Å². The van der Waals surface area contributed by atoms with Crippen LogP contribution in [0.5, 0.6) is 0 Å². The number of benzene rings is 1. The first-order valence-corrected chi connectivity index (χ1v) is 13.5. The highest BCUT2D eigenvalue weighted by atomic mass is 32.1. The molecular formula is C27H42N4OS. The Labute approximate surface area is 205 Å². The predicted molar refractivity (Wildman–Crippen MR) is 139 cm³/mol. The van der Waals surface area contributed by atoms with E-state index in [1.54, 1.807) is 0 Å². The van der Waals surface area contributed by atoms with Gasteiger partial charge in [0.15, 0.2) is 5.11 Å². The molecule has 1 heterocycles. The summed E-state index contributed by atoms with van der Waals surface area (Å²) in [6.07, 6.45) is 11.2. The number of thiocarbonyl (C=S) groups is 1. The molecule has 4 rings (SSSR count). The second-order valence-corrected chi connectivity index (χ2v) is 11.1. The number of carbonyl (C=O) groups is 1. The zero-order chi connectivity index (χ0) is 23.3. The van der Waals surface area contributed by atoms with Gasteiger partial charge in [0.1, 0.15) is 0 Å². The van der Waals surface area contributed by atoms with Crippen molar-refractivity contribution in [2.24, 2.45) is 5.92 Å². The number of amides is 1. The van der Waals surface area contributed by atoms with Gasteiger partial charge in [-0.3, -0.25) is 9.69 Å². The summed E-state index contributed by atoms with van der Waals surface area (Å²) in [4.78, 5) is 17.6. The van der Waals surface area contributed by atoms with Crippen LogP contribution in [0.15, 0.2) is 24.3 Å². The molecule has 6 heteroatoms. The van der Waals surface area contributed by atoms with Crippen molar-refractivity contribution in [3.8, 4) is 0 Å². The number of nitrogens with zero attached hydrogens (tertiary/aromatic N) is 2. The predicted octanol–water partition coefficient (Wildman–Crippen LogP) is 4.38. The zero-order valence-corrected chi connectivity index (χ0v) is 21.4. The van der Waals surface area contributed by atoms with Crippen molar-refractivity contribution in [1.82, 2.24) is 20.4 Å². The molecule has 1 aromatic carbocycles. The molecule has 0 bridgehead atoms. The molecule has 1 amide bonds. The van der Waals surface area contributed by atoms with Gasteiger partial charge in [-0.05, 0) is 56.3 Å². The van der Waals surface area contributed by atoms with E-state index in [1.807, 2.05) is 0 Å². The number of aryl methyl sites for hydroxylation is 1. The highest BCUT2D eigenvalue weighted by Crippen LogP contribution is 2.37. The van der Waals surface area contributed by atoms with Gasteiger partial charge in [-0.25, -0.2) is 0 Å². The number of carbonyl (C=O) groups excluding carboxylic acids is 1. The second kappa shape index (κ2) is 11.2. The smallest absolute Gasteiger partial charge is 0.239 e. The quantitative estimate of drug-likeness (QED) is 0.625. The molecule has 2 atom stereocenters. The SMILES string of the molecule is Cc1ccc(CN2CCN(C(=S)NCC(=O)N[C@@H]3CCCC[C@H]3C)CC23CCCCC3)cc1. The Kier molecular flexibility index (Phi) is 8.29. The fourth-order valence-corrected chi connectivity index (χ4v) is 6.32. The maximum atomic E-state index is 12.6. The van der Waals surface area contributed by atoms with Crippen LogP contribution in [0.4, 0.5) is 0 Å². The van der Waals surface area contributed by atoms with E-state index in [0.29, 0.717) is 12.0 Å². The highest BCUT2D eigenvalue weighted by molar-refractivity contribution is 7.80. The van der Waals surface area contributed by atoms with Crippen molar-refractivity contribution >= 4 is 23.2 Å². The third-order valence-corrected chi connectivity index (χ3v) is 8.62. The maximum Gasteiger partial charge on any atom is 0.239 e. The van der Waals surface area contributed by atoms with Crippen molar-refractivity contribution in [1.29, 1.82) is 0 Å². The van der Waals surface area contributed by atoms with Gasteiger partial charge in [-0.1, -0.05) is 68.9 Å². The average molecular weight is 471 g/mol. The Morgan fingerprint density at radius 3 is 2.52 bits per heavy atom. The van der Waals surface area contributed by atoms with Crippen LogP contribution >= 0.6 is 12.2 Å². The molecule has 1 aromatic rings. The molecule has 2 N–H and O–H groups in total. The van der Waals surface area contributed by atoms with Gasteiger partial charge < -0.3 is 15.5 Å². The lowest BCUT2D eigenvalue weighted by molar-refractivity contribution is -0.121. The molecule has 2 aliphatic carbocycles. The normalized spacial score (nSPS) is 25.6. The minimum Gasteiger partial charge on any atom is -0.353 e. The van der Waals surface area contributed by atoms with Crippen molar-refractivity contribution in [2.75, 3.05) is 26.2 Å². The van der Waals surface area contributed by atoms with Crippen LogP contribution < -0.4 is 10.6 Å². The maximum absolute atomic E-state index is 12.6. The van der Waals surface area contributed by atoms with E-state index < -0.39 is 0 Å². The molecule has 1 saturated heterocycles. The number of hydrogen-bond donors (Lipinski definition) is 2. The fourth-order valence-electron chi connectivity index (χ4n) is 6.09. The zero-order valence-electron chi connectivity index (χ0n) is 20.6. The van der Waals surface area contributed by atoms with Gasteiger partial charge in [-0.2, -0.15) is 0 Å². The first-order chi connectivity index (χ1) is 15.9. The largest absolute Gasteiger partial charge is 0.353 e. The highest BCUT2D eigenvalue weighted by Gasteiger charge is 2.42. The first-order valence-electron chi connectivity index (χ1n) is 13.1. The number of nitrogens with one attached hydrogen (secondary N) is 2. The van der Waals surface area contributed by atoms with Gasteiger partial charge in [0.05, 0.1) is 6.54 Å². The Hall–Kier alpha value is -1.66. The molecule has 33 heavy (non-hydrogen) atoms. The Bertz CT molecular complexity index is 805. The molecule has 5 nitrogen and oxygen atoms in total. The number of piperazine rings is 1. The van der Waals surface area contributed by atoms with Crippen LogP contribution in [0.25, 0.3) is 0 Å².